The molecule has 1 aromatic rings. The molecular weight excluding hydrogens is 340 g/mol. The molecule has 1 aliphatic heterocycles. The molecular formula is C10H10Br2N2O2. The Kier molecular flexibility index (Phi) is 3.94. The molecule has 4 nitrogen and oxygen atoms in total. The number of amides is 1. The second kappa shape index (κ2) is 5.25. The summed E-state index contributed by atoms with van der Waals surface area (Å²) in [4.78, 5) is 18.0. The van der Waals surface area contributed by atoms with E-state index in [-0.39, 0.29) is 5.91 Å². The van der Waals surface area contributed by atoms with Gasteiger partial charge in [0.15, 0.2) is 0 Å². The Morgan fingerprint density at radius 1 is 1.38 bits per heavy atom. The number of rotatable bonds is 1. The second-order valence-electron chi connectivity index (χ2n) is 3.40. The number of carbonyl (C=O) groups is 1. The fraction of sp³-hybridized carbons (Fsp3) is 0.400. The van der Waals surface area contributed by atoms with Gasteiger partial charge >= 0.3 is 0 Å². The standard InChI is InChI=1S/C10H10Br2N2O2/c11-7-5-8(9(12)13-6-7)10(15)14-1-3-16-4-2-14/h5-6H,1-4H2. The van der Waals surface area contributed by atoms with Crippen LogP contribution in [0.3, 0.4) is 0 Å². The number of carbonyl (C=O) groups excluding carboxylic acids is 1. The van der Waals surface area contributed by atoms with Crippen molar-refractivity contribution in [1.82, 2.24) is 9.88 Å². The van der Waals surface area contributed by atoms with Crippen molar-refractivity contribution >= 4 is 37.8 Å². The Morgan fingerprint density at radius 3 is 2.75 bits per heavy atom. The smallest absolute Gasteiger partial charge is 0.256 e. The van der Waals surface area contributed by atoms with Gasteiger partial charge in [-0.15, -0.1) is 0 Å². The molecule has 2 rings (SSSR count). The van der Waals surface area contributed by atoms with Crippen LogP contribution in [-0.4, -0.2) is 42.1 Å². The van der Waals surface area contributed by atoms with E-state index < -0.39 is 0 Å². The quantitative estimate of drug-likeness (QED) is 0.729. The van der Waals surface area contributed by atoms with Crippen LogP contribution < -0.4 is 0 Å². The van der Waals surface area contributed by atoms with E-state index in [1.54, 1.807) is 17.2 Å². The van der Waals surface area contributed by atoms with Gasteiger partial charge in [-0.2, -0.15) is 0 Å². The van der Waals surface area contributed by atoms with Crippen LogP contribution in [0.1, 0.15) is 10.4 Å². The van der Waals surface area contributed by atoms with Crippen molar-refractivity contribution in [2.24, 2.45) is 0 Å². The summed E-state index contributed by atoms with van der Waals surface area (Å²) in [7, 11) is 0. The van der Waals surface area contributed by atoms with Gasteiger partial charge in [-0.1, -0.05) is 0 Å². The summed E-state index contributed by atoms with van der Waals surface area (Å²) in [5.74, 6) is -0.0102. The minimum Gasteiger partial charge on any atom is -0.378 e. The number of morpholine rings is 1. The normalized spacial score (nSPS) is 16.2. The number of halogens is 2. The lowest BCUT2D eigenvalue weighted by Crippen LogP contribution is -2.40. The first-order valence-electron chi connectivity index (χ1n) is 4.86. The number of aromatic nitrogens is 1. The fourth-order valence-corrected chi connectivity index (χ4v) is 2.23. The van der Waals surface area contributed by atoms with Crippen LogP contribution in [0.15, 0.2) is 21.3 Å². The van der Waals surface area contributed by atoms with E-state index >= 15 is 0 Å². The third-order valence-electron chi connectivity index (χ3n) is 2.33. The number of hydrogen-bond acceptors (Lipinski definition) is 3. The van der Waals surface area contributed by atoms with Crippen LogP contribution in [0.2, 0.25) is 0 Å². The molecule has 1 amide bonds. The van der Waals surface area contributed by atoms with Gasteiger partial charge in [0.2, 0.25) is 0 Å². The van der Waals surface area contributed by atoms with Crippen LogP contribution in [0.5, 0.6) is 0 Å². The van der Waals surface area contributed by atoms with E-state index in [2.05, 4.69) is 36.8 Å². The maximum atomic E-state index is 12.2. The van der Waals surface area contributed by atoms with Crippen LogP contribution >= 0.6 is 31.9 Å². The molecule has 0 spiro atoms. The number of hydrogen-bond donors (Lipinski definition) is 0. The lowest BCUT2D eigenvalue weighted by molar-refractivity contribution is 0.0302. The van der Waals surface area contributed by atoms with Crippen LogP contribution in [0, 0.1) is 0 Å². The number of nitrogens with zero attached hydrogens (tertiary/aromatic N) is 2. The third kappa shape index (κ3) is 2.61. The Labute approximate surface area is 110 Å². The summed E-state index contributed by atoms with van der Waals surface area (Å²) in [5, 5.41) is 0. The van der Waals surface area contributed by atoms with Gasteiger partial charge in [0.25, 0.3) is 5.91 Å². The van der Waals surface area contributed by atoms with Gasteiger partial charge in [0, 0.05) is 23.8 Å². The van der Waals surface area contributed by atoms with Crippen molar-refractivity contribution in [3.63, 3.8) is 0 Å². The molecule has 0 aliphatic carbocycles. The van der Waals surface area contributed by atoms with Gasteiger partial charge < -0.3 is 9.64 Å². The highest BCUT2D eigenvalue weighted by atomic mass is 79.9. The van der Waals surface area contributed by atoms with Gasteiger partial charge in [0.1, 0.15) is 4.60 Å². The van der Waals surface area contributed by atoms with Crippen molar-refractivity contribution in [2.45, 2.75) is 0 Å². The topological polar surface area (TPSA) is 42.4 Å². The van der Waals surface area contributed by atoms with Gasteiger partial charge in [0.05, 0.1) is 18.8 Å². The summed E-state index contributed by atoms with van der Waals surface area (Å²) < 4.78 is 6.58. The zero-order chi connectivity index (χ0) is 11.5. The maximum Gasteiger partial charge on any atom is 0.256 e. The monoisotopic (exact) mass is 348 g/mol. The van der Waals surface area contributed by atoms with Gasteiger partial charge in [-0.05, 0) is 37.9 Å². The molecule has 16 heavy (non-hydrogen) atoms. The maximum absolute atomic E-state index is 12.2. The van der Waals surface area contributed by atoms with Crippen molar-refractivity contribution in [3.05, 3.63) is 26.9 Å². The van der Waals surface area contributed by atoms with E-state index in [4.69, 9.17) is 4.74 Å². The highest BCUT2D eigenvalue weighted by molar-refractivity contribution is 9.11. The minimum absolute atomic E-state index is 0.0102. The number of ether oxygens (including phenoxy) is 1. The second-order valence-corrected chi connectivity index (χ2v) is 5.06. The summed E-state index contributed by atoms with van der Waals surface area (Å²) in [6, 6.07) is 1.77. The molecule has 1 fully saturated rings. The predicted octanol–water partition coefficient (Wildman–Crippen LogP) is 2.08. The predicted molar refractivity (Wildman–Crippen MR) is 66.4 cm³/mol. The molecule has 0 N–H and O–H groups in total. The van der Waals surface area contributed by atoms with Gasteiger partial charge in [-0.25, -0.2) is 4.98 Å². The Bertz CT molecular complexity index is 406. The van der Waals surface area contributed by atoms with Crippen molar-refractivity contribution in [2.75, 3.05) is 26.3 Å². The molecule has 1 aliphatic rings. The molecule has 1 saturated heterocycles. The minimum atomic E-state index is -0.0102. The average molecular weight is 350 g/mol. The molecule has 2 heterocycles. The summed E-state index contributed by atoms with van der Waals surface area (Å²) in [6.07, 6.45) is 1.65. The zero-order valence-corrected chi connectivity index (χ0v) is 11.6. The molecule has 6 heteroatoms. The van der Waals surface area contributed by atoms with E-state index in [1.807, 2.05) is 0 Å². The average Bonchev–Trinajstić information content (AvgIpc) is 2.32. The highest BCUT2D eigenvalue weighted by Gasteiger charge is 2.21. The molecule has 0 atom stereocenters. The molecule has 86 valence electrons. The summed E-state index contributed by atoms with van der Waals surface area (Å²) >= 11 is 6.60. The zero-order valence-electron chi connectivity index (χ0n) is 8.45. The molecule has 0 aromatic carbocycles. The Balaban J connectivity index is 2.22. The van der Waals surface area contributed by atoms with E-state index in [9.17, 15) is 4.79 Å². The fourth-order valence-electron chi connectivity index (χ4n) is 1.51. The molecule has 0 unspecified atom stereocenters. The SMILES string of the molecule is O=C(c1cc(Br)cnc1Br)N1CCOCC1. The van der Waals surface area contributed by atoms with Crippen LogP contribution in [0.25, 0.3) is 0 Å². The van der Waals surface area contributed by atoms with E-state index in [1.165, 1.54) is 0 Å². The molecule has 0 bridgehead atoms. The van der Waals surface area contributed by atoms with Crippen molar-refractivity contribution < 1.29 is 9.53 Å². The lowest BCUT2D eigenvalue weighted by Gasteiger charge is -2.27. The van der Waals surface area contributed by atoms with Crippen LogP contribution in [0.4, 0.5) is 0 Å². The first-order valence-corrected chi connectivity index (χ1v) is 6.45. The van der Waals surface area contributed by atoms with E-state index in [0.29, 0.717) is 36.5 Å². The number of pyridine rings is 1. The van der Waals surface area contributed by atoms with Crippen LogP contribution in [-0.2, 0) is 4.74 Å². The Morgan fingerprint density at radius 2 is 2.06 bits per heavy atom. The van der Waals surface area contributed by atoms with E-state index in [0.717, 1.165) is 4.47 Å². The van der Waals surface area contributed by atoms with Crippen molar-refractivity contribution in [1.29, 1.82) is 0 Å². The molecule has 0 radical (unpaired) electrons. The summed E-state index contributed by atoms with van der Waals surface area (Å²) in [5.41, 5.74) is 0.580. The lowest BCUT2D eigenvalue weighted by atomic mass is 10.2. The first kappa shape index (κ1) is 12.0. The van der Waals surface area contributed by atoms with Crippen molar-refractivity contribution in [3.8, 4) is 0 Å². The Hall–Kier alpha value is -0.460. The molecule has 0 saturated carbocycles. The first-order chi connectivity index (χ1) is 7.68. The third-order valence-corrected chi connectivity index (χ3v) is 3.40. The highest BCUT2D eigenvalue weighted by Crippen LogP contribution is 2.20. The molecule has 1 aromatic heterocycles. The summed E-state index contributed by atoms with van der Waals surface area (Å²) in [6.45, 7) is 2.48. The largest absolute Gasteiger partial charge is 0.378 e. The van der Waals surface area contributed by atoms with Gasteiger partial charge in [-0.3, -0.25) is 4.79 Å².